The van der Waals surface area contributed by atoms with Gasteiger partial charge in [-0.2, -0.15) is 0 Å². The number of rotatable bonds is 3. The Hall–Kier alpha value is -1.97. The second kappa shape index (κ2) is 3.76. The molecule has 3 rings (SSSR count). The molecule has 4 nitrogen and oxygen atoms in total. The predicted molar refractivity (Wildman–Crippen MR) is 72.8 cm³/mol. The Bertz CT molecular complexity index is 680. The summed E-state index contributed by atoms with van der Waals surface area (Å²) in [5, 5.41) is 10.5. The van der Waals surface area contributed by atoms with E-state index >= 15 is 0 Å². The first kappa shape index (κ1) is 12.1. The molecule has 0 radical (unpaired) electrons. The number of carboxylic acids is 1. The van der Waals surface area contributed by atoms with Crippen LogP contribution in [0.3, 0.4) is 0 Å². The number of aromatic nitrogens is 1. The zero-order valence-electron chi connectivity index (χ0n) is 11.4. The quantitative estimate of drug-likeness (QED) is 0.921. The van der Waals surface area contributed by atoms with Crippen LogP contribution >= 0.6 is 0 Å². The highest BCUT2D eigenvalue weighted by atomic mass is 16.5. The van der Waals surface area contributed by atoms with E-state index in [0.717, 1.165) is 40.8 Å². The average Bonchev–Trinajstić information content (AvgIpc) is 3.15. The maximum absolute atomic E-state index is 11.6. The van der Waals surface area contributed by atoms with Crippen molar-refractivity contribution < 1.29 is 14.6 Å². The molecule has 1 N–H and O–H groups in total. The highest BCUT2D eigenvalue weighted by molar-refractivity contribution is 5.96. The molecule has 19 heavy (non-hydrogen) atoms. The molecule has 0 atom stereocenters. The fraction of sp³-hybridized carbons (Fsp3) is 0.400. The number of aryl methyl sites for hydroxylation is 1. The smallest absolute Gasteiger partial charge is 0.314 e. The van der Waals surface area contributed by atoms with Gasteiger partial charge in [-0.15, -0.1) is 0 Å². The van der Waals surface area contributed by atoms with Gasteiger partial charge in [0.2, 0.25) is 0 Å². The third-order valence-electron chi connectivity index (χ3n) is 4.34. The summed E-state index contributed by atoms with van der Waals surface area (Å²) in [6.07, 6.45) is 1.44. The van der Waals surface area contributed by atoms with E-state index in [1.165, 1.54) is 0 Å². The molecule has 100 valence electrons. The van der Waals surface area contributed by atoms with Crippen LogP contribution in [0.4, 0.5) is 0 Å². The number of methoxy groups -OCH3 is 1. The van der Waals surface area contributed by atoms with Gasteiger partial charge in [0.25, 0.3) is 0 Å². The minimum atomic E-state index is -0.717. The Morgan fingerprint density at radius 2 is 2.11 bits per heavy atom. The molecule has 0 amide bonds. The van der Waals surface area contributed by atoms with Crippen molar-refractivity contribution in [2.75, 3.05) is 7.11 Å². The molecular formula is C15H17NO3. The van der Waals surface area contributed by atoms with Crippen LogP contribution in [-0.4, -0.2) is 22.8 Å². The van der Waals surface area contributed by atoms with Gasteiger partial charge < -0.3 is 14.4 Å². The van der Waals surface area contributed by atoms with Crippen LogP contribution in [-0.2, 0) is 17.3 Å². The Balaban J connectivity index is 2.34. The largest absolute Gasteiger partial charge is 0.497 e. The van der Waals surface area contributed by atoms with Gasteiger partial charge in [-0.1, -0.05) is 0 Å². The van der Waals surface area contributed by atoms with Crippen molar-refractivity contribution in [2.45, 2.75) is 25.2 Å². The third kappa shape index (κ3) is 1.49. The fourth-order valence-electron chi connectivity index (χ4n) is 2.98. The molecule has 4 heteroatoms. The lowest BCUT2D eigenvalue weighted by molar-refractivity contribution is -0.140. The van der Waals surface area contributed by atoms with Gasteiger partial charge >= 0.3 is 5.97 Å². The Morgan fingerprint density at radius 3 is 2.63 bits per heavy atom. The van der Waals surface area contributed by atoms with Crippen LogP contribution in [0.2, 0.25) is 0 Å². The molecule has 1 aromatic carbocycles. The molecule has 0 aliphatic heterocycles. The lowest BCUT2D eigenvalue weighted by Gasteiger charge is -2.11. The maximum Gasteiger partial charge on any atom is 0.314 e. The van der Waals surface area contributed by atoms with Crippen LogP contribution < -0.4 is 4.74 Å². The SMILES string of the molecule is COc1ccc2c(c1)c(C1(C(=O)O)CC1)c(C)n2C. The second-order valence-corrected chi connectivity index (χ2v) is 5.29. The topological polar surface area (TPSA) is 51.5 Å². The number of hydrogen-bond donors (Lipinski definition) is 1. The molecule has 0 bridgehead atoms. The van der Waals surface area contributed by atoms with E-state index in [4.69, 9.17) is 4.74 Å². The molecule has 1 aliphatic carbocycles. The van der Waals surface area contributed by atoms with Gasteiger partial charge in [-0.3, -0.25) is 4.79 Å². The first-order chi connectivity index (χ1) is 9.01. The Morgan fingerprint density at radius 1 is 1.42 bits per heavy atom. The molecule has 0 saturated heterocycles. The van der Waals surface area contributed by atoms with E-state index < -0.39 is 11.4 Å². The van der Waals surface area contributed by atoms with Crippen LogP contribution in [0.25, 0.3) is 10.9 Å². The molecule has 1 saturated carbocycles. The van der Waals surface area contributed by atoms with E-state index in [1.54, 1.807) is 7.11 Å². The van der Waals surface area contributed by atoms with Crippen molar-refractivity contribution in [1.82, 2.24) is 4.57 Å². The Labute approximate surface area is 111 Å². The first-order valence-electron chi connectivity index (χ1n) is 6.38. The van der Waals surface area contributed by atoms with Crippen LogP contribution in [0, 0.1) is 6.92 Å². The number of ether oxygens (including phenoxy) is 1. The lowest BCUT2D eigenvalue weighted by atomic mass is 9.93. The van der Waals surface area contributed by atoms with Gasteiger partial charge in [0.05, 0.1) is 12.5 Å². The van der Waals surface area contributed by atoms with Gasteiger partial charge in [-0.25, -0.2) is 0 Å². The second-order valence-electron chi connectivity index (χ2n) is 5.29. The van der Waals surface area contributed by atoms with Crippen molar-refractivity contribution in [3.8, 4) is 5.75 Å². The zero-order valence-corrected chi connectivity index (χ0v) is 11.4. The number of hydrogen-bond acceptors (Lipinski definition) is 2. The number of carboxylic acid groups (broad SMARTS) is 1. The van der Waals surface area contributed by atoms with Gasteiger partial charge in [-0.05, 0) is 43.5 Å². The highest BCUT2D eigenvalue weighted by Crippen LogP contribution is 2.52. The molecule has 0 spiro atoms. The van der Waals surface area contributed by atoms with Crippen molar-refractivity contribution in [1.29, 1.82) is 0 Å². The lowest BCUT2D eigenvalue weighted by Crippen LogP contribution is -2.20. The maximum atomic E-state index is 11.6. The summed E-state index contributed by atoms with van der Waals surface area (Å²) >= 11 is 0. The minimum Gasteiger partial charge on any atom is -0.497 e. The number of aliphatic carboxylic acids is 1. The summed E-state index contributed by atoms with van der Waals surface area (Å²) in [5.41, 5.74) is 2.36. The summed E-state index contributed by atoms with van der Waals surface area (Å²) in [6.45, 7) is 1.99. The summed E-state index contributed by atoms with van der Waals surface area (Å²) in [7, 11) is 3.60. The predicted octanol–water partition coefficient (Wildman–Crippen LogP) is 2.61. The average molecular weight is 259 g/mol. The normalized spacial score (nSPS) is 16.6. The van der Waals surface area contributed by atoms with Crippen molar-refractivity contribution in [3.63, 3.8) is 0 Å². The summed E-state index contributed by atoms with van der Waals surface area (Å²) in [4.78, 5) is 11.6. The third-order valence-corrected chi connectivity index (χ3v) is 4.34. The zero-order chi connectivity index (χ0) is 13.8. The number of carbonyl (C=O) groups is 1. The molecule has 0 unspecified atom stereocenters. The van der Waals surface area contributed by atoms with E-state index in [1.807, 2.05) is 32.2 Å². The van der Waals surface area contributed by atoms with E-state index in [9.17, 15) is 9.90 Å². The Kier molecular flexibility index (Phi) is 2.39. The fourth-order valence-corrected chi connectivity index (χ4v) is 2.98. The number of nitrogens with zero attached hydrogens (tertiary/aromatic N) is 1. The molecular weight excluding hydrogens is 242 g/mol. The standard InChI is InChI=1S/C15H17NO3/c1-9-13(15(6-7-15)14(17)18)11-8-10(19-3)4-5-12(11)16(9)2/h4-5,8H,6-7H2,1-3H3,(H,17,18). The van der Waals surface area contributed by atoms with Gasteiger partial charge in [0.1, 0.15) is 5.75 Å². The summed E-state index contributed by atoms with van der Waals surface area (Å²) in [5.74, 6) is 0.0476. The summed E-state index contributed by atoms with van der Waals surface area (Å²) in [6, 6.07) is 5.84. The van der Waals surface area contributed by atoms with Crippen molar-refractivity contribution in [2.24, 2.45) is 7.05 Å². The van der Waals surface area contributed by atoms with E-state index in [-0.39, 0.29) is 0 Å². The highest BCUT2D eigenvalue weighted by Gasteiger charge is 2.54. The first-order valence-corrected chi connectivity index (χ1v) is 6.38. The molecule has 1 heterocycles. The van der Waals surface area contributed by atoms with Gasteiger partial charge in [0.15, 0.2) is 0 Å². The van der Waals surface area contributed by atoms with E-state index in [2.05, 4.69) is 4.57 Å². The van der Waals surface area contributed by atoms with Crippen molar-refractivity contribution >= 4 is 16.9 Å². The summed E-state index contributed by atoms with van der Waals surface area (Å²) < 4.78 is 7.33. The molecule has 1 aromatic heterocycles. The van der Waals surface area contributed by atoms with Crippen LogP contribution in [0.1, 0.15) is 24.1 Å². The molecule has 1 fully saturated rings. The molecule has 1 aliphatic rings. The van der Waals surface area contributed by atoms with Gasteiger partial charge in [0, 0.05) is 23.6 Å². The molecule has 2 aromatic rings. The van der Waals surface area contributed by atoms with Crippen molar-refractivity contribution in [3.05, 3.63) is 29.5 Å². The number of benzene rings is 1. The van der Waals surface area contributed by atoms with Crippen LogP contribution in [0.5, 0.6) is 5.75 Å². The van der Waals surface area contributed by atoms with Crippen LogP contribution in [0.15, 0.2) is 18.2 Å². The monoisotopic (exact) mass is 259 g/mol. The number of fused-ring (bicyclic) bond motifs is 1. The minimum absolute atomic E-state index is 0.685. The van der Waals surface area contributed by atoms with E-state index in [0.29, 0.717) is 0 Å².